The number of benzene rings is 2. The summed E-state index contributed by atoms with van der Waals surface area (Å²) in [6, 6.07) is 14.1. The minimum absolute atomic E-state index is 0.115. The van der Waals surface area contributed by atoms with Crippen LogP contribution in [0.4, 0.5) is 0 Å². The highest BCUT2D eigenvalue weighted by molar-refractivity contribution is 5.70. The Balaban J connectivity index is 1.68. The molecule has 7 nitrogen and oxygen atoms in total. The Morgan fingerprint density at radius 2 is 1.86 bits per heavy atom. The van der Waals surface area contributed by atoms with Gasteiger partial charge in [0, 0.05) is 18.7 Å². The summed E-state index contributed by atoms with van der Waals surface area (Å²) >= 11 is 0. The average molecular weight is 389 g/mol. The minimum Gasteiger partial charge on any atom is -0.508 e. The van der Waals surface area contributed by atoms with Crippen LogP contribution in [0.1, 0.15) is 12.5 Å². The van der Waals surface area contributed by atoms with Crippen molar-refractivity contribution in [2.45, 2.75) is 25.5 Å². The molecule has 2 aromatic rings. The van der Waals surface area contributed by atoms with Crippen molar-refractivity contribution in [1.29, 1.82) is 0 Å². The Morgan fingerprint density at radius 3 is 2.54 bits per heavy atom. The Kier molecular flexibility index (Phi) is 8.58. The number of phenolic OH excluding ortho intramolecular Hbond substituents is 1. The van der Waals surface area contributed by atoms with E-state index < -0.39 is 12.1 Å². The van der Waals surface area contributed by atoms with Gasteiger partial charge in [0.25, 0.3) is 0 Å². The van der Waals surface area contributed by atoms with Crippen LogP contribution in [0.2, 0.25) is 0 Å². The second-order valence-corrected chi connectivity index (χ2v) is 6.48. The van der Waals surface area contributed by atoms with E-state index in [1.807, 2.05) is 31.2 Å². The van der Waals surface area contributed by atoms with Crippen molar-refractivity contribution in [2.75, 3.05) is 26.9 Å². The third kappa shape index (κ3) is 7.85. The number of ether oxygens (including phenoxy) is 3. The average Bonchev–Trinajstić information content (AvgIpc) is 2.70. The van der Waals surface area contributed by atoms with Gasteiger partial charge in [0.05, 0.1) is 7.11 Å². The number of esters is 1. The van der Waals surface area contributed by atoms with E-state index in [0.717, 1.165) is 12.0 Å². The van der Waals surface area contributed by atoms with Crippen molar-refractivity contribution >= 4 is 5.97 Å². The number of hydrogen-bond donors (Lipinski definition) is 3. The number of aliphatic hydroxyl groups is 1. The van der Waals surface area contributed by atoms with Crippen LogP contribution in [0.5, 0.6) is 17.2 Å². The monoisotopic (exact) mass is 389 g/mol. The zero-order valence-corrected chi connectivity index (χ0v) is 16.1. The third-order valence-electron chi connectivity index (χ3n) is 4.01. The summed E-state index contributed by atoms with van der Waals surface area (Å²) in [5.74, 6) is 0.824. The molecule has 0 heterocycles. The molecule has 2 aromatic carbocycles. The van der Waals surface area contributed by atoms with Gasteiger partial charge < -0.3 is 29.7 Å². The zero-order valence-electron chi connectivity index (χ0n) is 16.1. The predicted octanol–water partition coefficient (Wildman–Crippen LogP) is 1.90. The van der Waals surface area contributed by atoms with Crippen LogP contribution >= 0.6 is 0 Å². The molecule has 0 amide bonds. The van der Waals surface area contributed by atoms with Gasteiger partial charge >= 0.3 is 5.97 Å². The highest BCUT2D eigenvalue weighted by atomic mass is 16.6. The van der Waals surface area contributed by atoms with E-state index in [2.05, 4.69) is 10.1 Å². The molecular formula is C21H27NO6. The fourth-order valence-electron chi connectivity index (χ4n) is 2.51. The highest BCUT2D eigenvalue weighted by Gasteiger charge is 2.09. The normalized spacial score (nSPS) is 12.8. The molecule has 0 saturated carbocycles. The lowest BCUT2D eigenvalue weighted by molar-refractivity contribution is -0.142. The molecule has 0 aliphatic rings. The maximum atomic E-state index is 11.1. The molecule has 2 rings (SSSR count). The number of methoxy groups -OCH3 is 1. The lowest BCUT2D eigenvalue weighted by Gasteiger charge is -2.18. The van der Waals surface area contributed by atoms with Gasteiger partial charge in [-0.05, 0) is 43.2 Å². The molecule has 7 heteroatoms. The first-order valence-corrected chi connectivity index (χ1v) is 9.08. The number of carbonyl (C=O) groups is 1. The van der Waals surface area contributed by atoms with Crippen LogP contribution in [0.15, 0.2) is 48.5 Å². The summed E-state index contributed by atoms with van der Waals surface area (Å²) in [4.78, 5) is 11.1. The van der Waals surface area contributed by atoms with Gasteiger partial charge in [-0.3, -0.25) is 0 Å². The SMILES string of the molecule is COC(=O)COc1ccc(C[C@@H](C)NC[C@H](O)COc2cccc(O)c2)cc1. The van der Waals surface area contributed by atoms with Gasteiger partial charge in [-0.2, -0.15) is 0 Å². The predicted molar refractivity (Wildman–Crippen MR) is 105 cm³/mol. The summed E-state index contributed by atoms with van der Waals surface area (Å²) in [5.41, 5.74) is 1.11. The van der Waals surface area contributed by atoms with E-state index in [4.69, 9.17) is 9.47 Å². The molecule has 0 aliphatic heterocycles. The minimum atomic E-state index is -0.668. The fraction of sp³-hybridized carbons (Fsp3) is 0.381. The molecule has 0 saturated heterocycles. The van der Waals surface area contributed by atoms with E-state index >= 15 is 0 Å². The summed E-state index contributed by atoms with van der Waals surface area (Å²) in [6.07, 6.45) is 0.108. The molecule has 28 heavy (non-hydrogen) atoms. The van der Waals surface area contributed by atoms with Crippen LogP contribution < -0.4 is 14.8 Å². The van der Waals surface area contributed by atoms with Gasteiger partial charge in [-0.25, -0.2) is 4.79 Å². The molecule has 152 valence electrons. The molecule has 0 radical (unpaired) electrons. The number of hydrogen-bond acceptors (Lipinski definition) is 7. The van der Waals surface area contributed by atoms with Crippen molar-refractivity contribution in [2.24, 2.45) is 0 Å². The largest absolute Gasteiger partial charge is 0.508 e. The summed E-state index contributed by atoms with van der Waals surface area (Å²) in [5, 5.41) is 22.7. The number of rotatable bonds is 11. The van der Waals surface area contributed by atoms with E-state index in [1.165, 1.54) is 13.2 Å². The number of nitrogens with one attached hydrogen (secondary N) is 1. The highest BCUT2D eigenvalue weighted by Crippen LogP contribution is 2.17. The van der Waals surface area contributed by atoms with Crippen molar-refractivity contribution in [1.82, 2.24) is 5.32 Å². The van der Waals surface area contributed by atoms with E-state index in [-0.39, 0.29) is 25.0 Å². The Hall–Kier alpha value is -2.77. The molecule has 0 fully saturated rings. The van der Waals surface area contributed by atoms with Crippen LogP contribution in [-0.4, -0.2) is 55.2 Å². The van der Waals surface area contributed by atoms with Crippen molar-refractivity contribution < 1.29 is 29.2 Å². The van der Waals surface area contributed by atoms with Crippen LogP contribution in [0.25, 0.3) is 0 Å². The molecule has 0 bridgehead atoms. The number of phenols is 1. The molecule has 3 N–H and O–H groups in total. The number of aliphatic hydroxyl groups excluding tert-OH is 1. The van der Waals surface area contributed by atoms with Gasteiger partial charge in [0.1, 0.15) is 30.0 Å². The first-order chi connectivity index (χ1) is 13.5. The second kappa shape index (κ2) is 11.2. The van der Waals surface area contributed by atoms with Crippen LogP contribution in [0.3, 0.4) is 0 Å². The summed E-state index contributed by atoms with van der Waals surface area (Å²) in [7, 11) is 1.32. The lowest BCUT2D eigenvalue weighted by atomic mass is 10.1. The number of carbonyl (C=O) groups excluding carboxylic acids is 1. The van der Waals surface area contributed by atoms with Crippen molar-refractivity contribution in [3.63, 3.8) is 0 Å². The molecular weight excluding hydrogens is 362 g/mol. The molecule has 0 aliphatic carbocycles. The fourth-order valence-corrected chi connectivity index (χ4v) is 2.51. The lowest BCUT2D eigenvalue weighted by Crippen LogP contribution is -2.37. The first-order valence-electron chi connectivity index (χ1n) is 9.08. The van der Waals surface area contributed by atoms with Crippen molar-refractivity contribution in [3.05, 3.63) is 54.1 Å². The summed E-state index contributed by atoms with van der Waals surface area (Å²) in [6.45, 7) is 2.44. The number of aromatic hydroxyl groups is 1. The third-order valence-corrected chi connectivity index (χ3v) is 4.01. The maximum absolute atomic E-state index is 11.1. The standard InChI is InChI=1S/C21H27NO6/c1-15(10-16-6-8-19(9-7-16)28-14-21(25)26-2)22-12-18(24)13-27-20-5-3-4-17(23)11-20/h3-9,11,15,18,22-24H,10,12-14H2,1-2H3/t15-,18+/m1/s1. The van der Waals surface area contributed by atoms with Gasteiger partial charge in [0.15, 0.2) is 6.61 Å². The topological polar surface area (TPSA) is 97.3 Å². The Labute approximate surface area is 164 Å². The molecule has 2 atom stereocenters. The van der Waals surface area contributed by atoms with Gasteiger partial charge in [-0.15, -0.1) is 0 Å². The van der Waals surface area contributed by atoms with Crippen molar-refractivity contribution in [3.8, 4) is 17.2 Å². The Morgan fingerprint density at radius 1 is 1.11 bits per heavy atom. The van der Waals surface area contributed by atoms with E-state index in [0.29, 0.717) is 18.0 Å². The molecule has 0 aromatic heterocycles. The smallest absolute Gasteiger partial charge is 0.343 e. The molecule has 0 unspecified atom stereocenters. The van der Waals surface area contributed by atoms with E-state index in [9.17, 15) is 15.0 Å². The maximum Gasteiger partial charge on any atom is 0.343 e. The Bertz CT molecular complexity index is 734. The van der Waals surface area contributed by atoms with E-state index in [1.54, 1.807) is 18.2 Å². The first kappa shape index (κ1) is 21.5. The second-order valence-electron chi connectivity index (χ2n) is 6.48. The van der Waals surface area contributed by atoms with Crippen LogP contribution in [0, 0.1) is 0 Å². The quantitative estimate of drug-likeness (QED) is 0.505. The van der Waals surface area contributed by atoms with Crippen LogP contribution in [-0.2, 0) is 16.0 Å². The summed E-state index contributed by atoms with van der Waals surface area (Å²) < 4.78 is 15.3. The molecule has 0 spiro atoms. The zero-order chi connectivity index (χ0) is 20.4. The van der Waals surface area contributed by atoms with Gasteiger partial charge in [-0.1, -0.05) is 18.2 Å². The van der Waals surface area contributed by atoms with Gasteiger partial charge in [0.2, 0.25) is 0 Å².